The van der Waals surface area contributed by atoms with E-state index in [0.717, 1.165) is 5.56 Å². The molecule has 0 saturated carbocycles. The maximum Gasteiger partial charge on any atom is 0.0603 e. The Hall–Kier alpha value is -1.01. The fourth-order valence-corrected chi connectivity index (χ4v) is 1.27. The van der Waals surface area contributed by atoms with Crippen LogP contribution in [0.1, 0.15) is 5.56 Å². The topological polar surface area (TPSA) is 23.5 Å². The first kappa shape index (κ1) is 12.1. The molecule has 0 atom stereocenters. The second-order valence-electron chi connectivity index (χ2n) is 3.24. The van der Waals surface area contributed by atoms with Gasteiger partial charge in [0.05, 0.1) is 18.2 Å². The summed E-state index contributed by atoms with van der Waals surface area (Å²) in [5.41, 5.74) is 0.844. The lowest BCUT2D eigenvalue weighted by molar-refractivity contribution is 0.234. The molecule has 1 rings (SSSR count). The highest BCUT2D eigenvalue weighted by Gasteiger charge is 1.94. The Morgan fingerprint density at radius 3 is 2.80 bits per heavy atom. The molecule has 2 nitrogen and oxygen atoms in total. The molecule has 1 aromatic rings. The summed E-state index contributed by atoms with van der Waals surface area (Å²) in [6.45, 7) is 1.42. The number of halogens is 1. The number of benzene rings is 1. The first-order valence-electron chi connectivity index (χ1n) is 4.77. The Bertz CT molecular complexity index is 367. The summed E-state index contributed by atoms with van der Waals surface area (Å²) in [5.74, 6) is 6.00. The third kappa shape index (κ3) is 4.35. The third-order valence-electron chi connectivity index (χ3n) is 1.93. The quantitative estimate of drug-likeness (QED) is 0.788. The SMILES string of the molecule is CN(CC#Cc1ccccc1Cl)CCO. The zero-order valence-corrected chi connectivity index (χ0v) is 9.46. The van der Waals surface area contributed by atoms with E-state index < -0.39 is 0 Å². The van der Waals surface area contributed by atoms with Crippen molar-refractivity contribution in [3.05, 3.63) is 34.9 Å². The molecule has 0 aliphatic rings. The summed E-state index contributed by atoms with van der Waals surface area (Å²) >= 11 is 5.94. The van der Waals surface area contributed by atoms with E-state index in [1.165, 1.54) is 0 Å². The van der Waals surface area contributed by atoms with E-state index in [-0.39, 0.29) is 6.61 Å². The van der Waals surface area contributed by atoms with Crippen molar-refractivity contribution >= 4 is 11.6 Å². The molecule has 3 heteroatoms. The molecule has 0 aliphatic heterocycles. The van der Waals surface area contributed by atoms with Gasteiger partial charge in [-0.15, -0.1) is 0 Å². The molecule has 1 N–H and O–H groups in total. The Morgan fingerprint density at radius 1 is 1.40 bits per heavy atom. The van der Waals surface area contributed by atoms with Crippen molar-refractivity contribution in [2.45, 2.75) is 0 Å². The van der Waals surface area contributed by atoms with Gasteiger partial charge in [0.15, 0.2) is 0 Å². The molecule has 0 spiro atoms. The van der Waals surface area contributed by atoms with Crippen LogP contribution in [0.4, 0.5) is 0 Å². The van der Waals surface area contributed by atoms with Gasteiger partial charge < -0.3 is 5.11 Å². The van der Waals surface area contributed by atoms with E-state index >= 15 is 0 Å². The fourth-order valence-electron chi connectivity index (χ4n) is 1.08. The summed E-state index contributed by atoms with van der Waals surface area (Å²) in [7, 11) is 1.91. The first-order chi connectivity index (χ1) is 7.24. The van der Waals surface area contributed by atoms with Gasteiger partial charge in [-0.3, -0.25) is 4.90 Å². The predicted octanol–water partition coefficient (Wildman–Crippen LogP) is 1.62. The van der Waals surface area contributed by atoms with E-state index in [1.807, 2.05) is 36.2 Å². The van der Waals surface area contributed by atoms with E-state index in [2.05, 4.69) is 11.8 Å². The monoisotopic (exact) mass is 223 g/mol. The number of aliphatic hydroxyl groups is 1. The summed E-state index contributed by atoms with van der Waals surface area (Å²) in [5, 5.41) is 9.36. The lowest BCUT2D eigenvalue weighted by atomic mass is 10.2. The van der Waals surface area contributed by atoms with Gasteiger partial charge in [0, 0.05) is 12.1 Å². The number of nitrogens with zero attached hydrogens (tertiary/aromatic N) is 1. The molecule has 0 unspecified atom stereocenters. The zero-order chi connectivity index (χ0) is 11.1. The van der Waals surface area contributed by atoms with E-state index in [1.54, 1.807) is 0 Å². The van der Waals surface area contributed by atoms with Crippen LogP contribution in [0.5, 0.6) is 0 Å². The Morgan fingerprint density at radius 2 is 2.13 bits per heavy atom. The van der Waals surface area contributed by atoms with Crippen LogP contribution in [0.3, 0.4) is 0 Å². The van der Waals surface area contributed by atoms with Crippen molar-refractivity contribution in [2.24, 2.45) is 0 Å². The minimum Gasteiger partial charge on any atom is -0.395 e. The van der Waals surface area contributed by atoms with Crippen LogP contribution in [-0.2, 0) is 0 Å². The number of hydrogen-bond donors (Lipinski definition) is 1. The Kier molecular flexibility index (Phi) is 5.20. The molecular weight excluding hydrogens is 210 g/mol. The van der Waals surface area contributed by atoms with Crippen molar-refractivity contribution in [3.8, 4) is 11.8 Å². The van der Waals surface area contributed by atoms with Gasteiger partial charge in [0.1, 0.15) is 0 Å². The van der Waals surface area contributed by atoms with Gasteiger partial charge in [-0.25, -0.2) is 0 Å². The van der Waals surface area contributed by atoms with Gasteiger partial charge in [0.2, 0.25) is 0 Å². The summed E-state index contributed by atoms with van der Waals surface area (Å²) in [6, 6.07) is 7.50. The molecular formula is C12H14ClNO. The van der Waals surface area contributed by atoms with Crippen LogP contribution in [0.2, 0.25) is 5.02 Å². The third-order valence-corrected chi connectivity index (χ3v) is 2.26. The van der Waals surface area contributed by atoms with Crippen LogP contribution >= 0.6 is 11.6 Å². The highest BCUT2D eigenvalue weighted by Crippen LogP contribution is 2.12. The average molecular weight is 224 g/mol. The zero-order valence-electron chi connectivity index (χ0n) is 8.70. The number of rotatable bonds is 3. The lowest BCUT2D eigenvalue weighted by Gasteiger charge is -2.09. The molecule has 15 heavy (non-hydrogen) atoms. The summed E-state index contributed by atoms with van der Waals surface area (Å²) in [6.07, 6.45) is 0. The molecule has 0 aromatic heterocycles. The van der Waals surface area contributed by atoms with Crippen molar-refractivity contribution < 1.29 is 5.11 Å². The number of hydrogen-bond acceptors (Lipinski definition) is 2. The molecule has 0 saturated heterocycles. The Labute approximate surface area is 95.5 Å². The molecule has 0 heterocycles. The minimum absolute atomic E-state index is 0.157. The maximum atomic E-state index is 8.69. The van der Waals surface area contributed by atoms with Gasteiger partial charge in [-0.1, -0.05) is 35.6 Å². The molecule has 0 fully saturated rings. The smallest absolute Gasteiger partial charge is 0.0603 e. The predicted molar refractivity (Wildman–Crippen MR) is 62.9 cm³/mol. The second-order valence-corrected chi connectivity index (χ2v) is 3.65. The van der Waals surface area contributed by atoms with Crippen LogP contribution in [0.25, 0.3) is 0 Å². The standard InChI is InChI=1S/C12H14ClNO/c1-14(9-10-15)8-4-6-11-5-2-3-7-12(11)13/h2-3,5,7,15H,8-10H2,1H3. The van der Waals surface area contributed by atoms with E-state index in [9.17, 15) is 0 Å². The largest absolute Gasteiger partial charge is 0.395 e. The van der Waals surface area contributed by atoms with Crippen LogP contribution < -0.4 is 0 Å². The van der Waals surface area contributed by atoms with Gasteiger partial charge >= 0.3 is 0 Å². The molecule has 1 aromatic carbocycles. The first-order valence-corrected chi connectivity index (χ1v) is 5.14. The van der Waals surface area contributed by atoms with E-state index in [0.29, 0.717) is 18.1 Å². The highest BCUT2D eigenvalue weighted by atomic mass is 35.5. The minimum atomic E-state index is 0.157. The summed E-state index contributed by atoms with van der Waals surface area (Å²) in [4.78, 5) is 1.95. The van der Waals surface area contributed by atoms with Gasteiger partial charge in [-0.2, -0.15) is 0 Å². The number of likely N-dealkylation sites (N-methyl/N-ethyl adjacent to an activating group) is 1. The van der Waals surface area contributed by atoms with Crippen molar-refractivity contribution in [3.63, 3.8) is 0 Å². The molecule has 0 amide bonds. The maximum absolute atomic E-state index is 8.69. The van der Waals surface area contributed by atoms with Crippen LogP contribution in [0, 0.1) is 11.8 Å². The normalized spacial score (nSPS) is 9.87. The van der Waals surface area contributed by atoms with Gasteiger partial charge in [0.25, 0.3) is 0 Å². The molecule has 0 radical (unpaired) electrons. The van der Waals surface area contributed by atoms with Crippen LogP contribution in [0.15, 0.2) is 24.3 Å². The van der Waals surface area contributed by atoms with Crippen molar-refractivity contribution in [1.82, 2.24) is 4.90 Å². The Balaban J connectivity index is 2.55. The highest BCUT2D eigenvalue weighted by molar-refractivity contribution is 6.31. The second kappa shape index (κ2) is 6.47. The van der Waals surface area contributed by atoms with Crippen molar-refractivity contribution in [1.29, 1.82) is 0 Å². The lowest BCUT2D eigenvalue weighted by Crippen LogP contribution is -2.22. The molecule has 0 aliphatic carbocycles. The fraction of sp³-hybridized carbons (Fsp3) is 0.333. The molecule has 80 valence electrons. The number of aliphatic hydroxyl groups excluding tert-OH is 1. The van der Waals surface area contributed by atoms with Crippen molar-refractivity contribution in [2.75, 3.05) is 26.7 Å². The average Bonchev–Trinajstić information content (AvgIpc) is 2.21. The van der Waals surface area contributed by atoms with E-state index in [4.69, 9.17) is 16.7 Å². The molecule has 0 bridgehead atoms. The van der Waals surface area contributed by atoms with Gasteiger partial charge in [-0.05, 0) is 19.2 Å². The van der Waals surface area contributed by atoms with Crippen LogP contribution in [-0.4, -0.2) is 36.8 Å². The summed E-state index contributed by atoms with van der Waals surface area (Å²) < 4.78 is 0.